The summed E-state index contributed by atoms with van der Waals surface area (Å²) in [4.78, 5) is 0. The molecule has 0 saturated heterocycles. The van der Waals surface area contributed by atoms with Gasteiger partial charge >= 0.3 is 0 Å². The maximum absolute atomic E-state index is 9.70. The van der Waals surface area contributed by atoms with Gasteiger partial charge in [0.15, 0.2) is 5.41 Å². The van der Waals surface area contributed by atoms with Crippen molar-refractivity contribution in [3.63, 3.8) is 0 Å². The third-order valence-corrected chi connectivity index (χ3v) is 5.84. The molecule has 4 atom stereocenters. The molecule has 0 aromatic carbocycles. The average Bonchev–Trinajstić information content (AvgIpc) is 2.52. The number of fused-ring (bicyclic) bond motifs is 1. The third-order valence-electron chi connectivity index (χ3n) is 5.84. The molecule has 0 aliphatic heterocycles. The van der Waals surface area contributed by atoms with Crippen LogP contribution in [0.5, 0.6) is 0 Å². The second-order valence-electron chi connectivity index (χ2n) is 7.87. The molecule has 0 aromatic heterocycles. The summed E-state index contributed by atoms with van der Waals surface area (Å²) in [5.74, 6) is -0.406. The maximum atomic E-state index is 9.70. The quantitative estimate of drug-likeness (QED) is 0.734. The molecule has 0 radical (unpaired) electrons. The predicted molar refractivity (Wildman–Crippen MR) is 88.0 cm³/mol. The molecule has 23 heavy (non-hydrogen) atoms. The molecule has 0 heterocycles. The fourth-order valence-electron chi connectivity index (χ4n) is 4.34. The Bertz CT molecular complexity index is 645. The van der Waals surface area contributed by atoms with E-state index >= 15 is 0 Å². The standard InChI is InChI=1S/C19H24N4/c1-5-16-14-8-12(18(2,3)4)6-7-13(14)15(9-20)17(23)19(16,10-21)11-22/h7,12,14-16,23H,5-6,8H2,1-4H3/t12-,14+,15+,16+/m1/s1. The number of hydrogen-bond acceptors (Lipinski definition) is 4. The highest BCUT2D eigenvalue weighted by atomic mass is 14.6. The topological polar surface area (TPSA) is 95.2 Å². The van der Waals surface area contributed by atoms with Crippen molar-refractivity contribution >= 4 is 5.71 Å². The number of nitrogens with zero attached hydrogens (tertiary/aromatic N) is 3. The average molecular weight is 308 g/mol. The van der Waals surface area contributed by atoms with E-state index in [1.807, 2.05) is 6.92 Å². The molecular weight excluding hydrogens is 284 g/mol. The van der Waals surface area contributed by atoms with Gasteiger partial charge in [-0.05, 0) is 42.1 Å². The third kappa shape index (κ3) is 2.46. The molecule has 1 fully saturated rings. The Morgan fingerprint density at radius 3 is 2.30 bits per heavy atom. The first-order valence-electron chi connectivity index (χ1n) is 8.27. The highest BCUT2D eigenvalue weighted by Gasteiger charge is 2.56. The van der Waals surface area contributed by atoms with Gasteiger partial charge in [0.25, 0.3) is 0 Å². The normalized spacial score (nSPS) is 32.7. The van der Waals surface area contributed by atoms with Crippen LogP contribution in [0.25, 0.3) is 0 Å². The Hall–Kier alpha value is -2.12. The molecule has 4 nitrogen and oxygen atoms in total. The van der Waals surface area contributed by atoms with Gasteiger partial charge in [0.05, 0.1) is 23.9 Å². The molecule has 2 aliphatic rings. The lowest BCUT2D eigenvalue weighted by Crippen LogP contribution is -2.51. The van der Waals surface area contributed by atoms with Gasteiger partial charge in [-0.1, -0.05) is 33.8 Å². The Morgan fingerprint density at radius 1 is 1.26 bits per heavy atom. The fourth-order valence-corrected chi connectivity index (χ4v) is 4.34. The van der Waals surface area contributed by atoms with Crippen molar-refractivity contribution in [3.8, 4) is 18.2 Å². The summed E-state index contributed by atoms with van der Waals surface area (Å²) in [5.41, 5.74) is -0.355. The molecule has 1 N–H and O–H groups in total. The van der Waals surface area contributed by atoms with Gasteiger partial charge in [-0.25, -0.2) is 0 Å². The molecule has 0 spiro atoms. The SMILES string of the molecule is CC[C@H]1[C@H]2C[C@H](C(C)(C)C)CC=C2[C@H](C#N)C(=N)C1(C#N)C#N. The second-order valence-corrected chi connectivity index (χ2v) is 7.87. The zero-order valence-electron chi connectivity index (χ0n) is 14.3. The number of allylic oxidation sites excluding steroid dienone is 2. The molecular formula is C19H24N4. The monoisotopic (exact) mass is 308 g/mol. The van der Waals surface area contributed by atoms with E-state index in [2.05, 4.69) is 45.1 Å². The molecule has 2 rings (SSSR count). The van der Waals surface area contributed by atoms with E-state index in [0.29, 0.717) is 12.3 Å². The Kier molecular flexibility index (Phi) is 4.37. The van der Waals surface area contributed by atoms with Gasteiger partial charge in [0.2, 0.25) is 0 Å². The lowest BCUT2D eigenvalue weighted by molar-refractivity contribution is 0.140. The number of hydrogen-bond donors (Lipinski definition) is 1. The summed E-state index contributed by atoms with van der Waals surface area (Å²) in [6.07, 6.45) is 4.59. The van der Waals surface area contributed by atoms with Crippen molar-refractivity contribution in [1.82, 2.24) is 0 Å². The molecule has 4 heteroatoms. The Morgan fingerprint density at radius 2 is 1.87 bits per heavy atom. The first-order valence-corrected chi connectivity index (χ1v) is 8.27. The Labute approximate surface area is 138 Å². The van der Waals surface area contributed by atoms with Crippen molar-refractivity contribution in [2.45, 2.75) is 47.0 Å². The number of nitrogens with one attached hydrogen (secondary N) is 1. The van der Waals surface area contributed by atoms with Crippen LogP contribution in [0.1, 0.15) is 47.0 Å². The summed E-state index contributed by atoms with van der Waals surface area (Å²) < 4.78 is 0. The van der Waals surface area contributed by atoms with E-state index in [0.717, 1.165) is 18.4 Å². The summed E-state index contributed by atoms with van der Waals surface area (Å²) in [6, 6.07) is 6.39. The van der Waals surface area contributed by atoms with Gasteiger partial charge < -0.3 is 5.41 Å². The van der Waals surface area contributed by atoms with Crippen LogP contribution >= 0.6 is 0 Å². The number of rotatable bonds is 1. The first-order chi connectivity index (χ1) is 10.8. The minimum Gasteiger partial charge on any atom is -0.305 e. The van der Waals surface area contributed by atoms with Gasteiger partial charge in [-0.3, -0.25) is 0 Å². The van der Waals surface area contributed by atoms with Crippen LogP contribution < -0.4 is 0 Å². The highest BCUT2D eigenvalue weighted by molar-refractivity contribution is 5.99. The van der Waals surface area contributed by atoms with Crippen LogP contribution in [0, 0.1) is 73.9 Å². The van der Waals surface area contributed by atoms with Crippen molar-refractivity contribution in [2.24, 2.45) is 34.5 Å². The lowest BCUT2D eigenvalue weighted by atomic mass is 9.52. The van der Waals surface area contributed by atoms with Crippen LogP contribution in [-0.2, 0) is 0 Å². The van der Waals surface area contributed by atoms with E-state index in [1.54, 1.807) is 0 Å². The van der Waals surface area contributed by atoms with Crippen LogP contribution in [0.3, 0.4) is 0 Å². The van der Waals surface area contributed by atoms with E-state index in [-0.39, 0.29) is 23.0 Å². The van der Waals surface area contributed by atoms with Crippen molar-refractivity contribution in [2.75, 3.05) is 0 Å². The molecule has 120 valence electrons. The van der Waals surface area contributed by atoms with E-state index in [9.17, 15) is 15.8 Å². The molecule has 0 aromatic rings. The minimum atomic E-state index is -1.46. The minimum absolute atomic E-state index is 0.0199. The largest absolute Gasteiger partial charge is 0.305 e. The molecule has 0 unspecified atom stereocenters. The molecule has 0 bridgehead atoms. The predicted octanol–water partition coefficient (Wildman–Crippen LogP) is 4.22. The van der Waals surface area contributed by atoms with Crippen LogP contribution in [0.15, 0.2) is 11.6 Å². The van der Waals surface area contributed by atoms with Gasteiger partial charge in [0.1, 0.15) is 5.92 Å². The summed E-state index contributed by atoms with van der Waals surface area (Å²) in [5, 5.41) is 37.3. The highest BCUT2D eigenvalue weighted by Crippen LogP contribution is 2.54. The van der Waals surface area contributed by atoms with Crippen molar-refractivity contribution < 1.29 is 0 Å². The fraction of sp³-hybridized carbons (Fsp3) is 0.684. The van der Waals surface area contributed by atoms with Crippen LogP contribution in [0.2, 0.25) is 0 Å². The van der Waals surface area contributed by atoms with Crippen LogP contribution in [-0.4, -0.2) is 5.71 Å². The van der Waals surface area contributed by atoms with Crippen molar-refractivity contribution in [3.05, 3.63) is 11.6 Å². The second kappa shape index (κ2) is 5.82. The molecule has 0 amide bonds. The van der Waals surface area contributed by atoms with Crippen molar-refractivity contribution in [1.29, 1.82) is 21.2 Å². The zero-order chi connectivity index (χ0) is 17.4. The summed E-state index contributed by atoms with van der Waals surface area (Å²) in [6.45, 7) is 8.62. The van der Waals surface area contributed by atoms with E-state index in [4.69, 9.17) is 5.41 Å². The first kappa shape index (κ1) is 17.2. The zero-order valence-corrected chi connectivity index (χ0v) is 14.3. The van der Waals surface area contributed by atoms with Gasteiger partial charge in [0, 0.05) is 5.92 Å². The smallest absolute Gasteiger partial charge is 0.185 e. The lowest BCUT2D eigenvalue weighted by Gasteiger charge is -2.48. The van der Waals surface area contributed by atoms with E-state index in [1.165, 1.54) is 0 Å². The van der Waals surface area contributed by atoms with E-state index < -0.39 is 11.3 Å². The number of nitriles is 3. The van der Waals surface area contributed by atoms with Crippen LogP contribution in [0.4, 0.5) is 0 Å². The van der Waals surface area contributed by atoms with Gasteiger partial charge in [-0.2, -0.15) is 15.8 Å². The van der Waals surface area contributed by atoms with Gasteiger partial charge in [-0.15, -0.1) is 0 Å². The molecule has 2 aliphatic carbocycles. The summed E-state index contributed by atoms with van der Waals surface area (Å²) >= 11 is 0. The Balaban J connectivity index is 2.58. The summed E-state index contributed by atoms with van der Waals surface area (Å²) in [7, 11) is 0. The molecule has 1 saturated carbocycles. The maximum Gasteiger partial charge on any atom is 0.185 e.